The molecule has 3 saturated heterocycles. The van der Waals surface area contributed by atoms with Gasteiger partial charge in [0.2, 0.25) is 11.8 Å². The van der Waals surface area contributed by atoms with Crippen molar-refractivity contribution in [1.82, 2.24) is 20.0 Å². The Hall–Kier alpha value is -5.39. The second-order valence-electron chi connectivity index (χ2n) is 17.0. The van der Waals surface area contributed by atoms with Crippen molar-refractivity contribution in [2.24, 2.45) is 0 Å². The van der Waals surface area contributed by atoms with Gasteiger partial charge in [-0.2, -0.15) is 0 Å². The van der Waals surface area contributed by atoms with Crippen molar-refractivity contribution in [3.05, 3.63) is 129 Å². The normalized spacial score (nSPS) is 24.9. The SMILES string of the molecule is O=C1CCC(N2C(=O)c3cc4c(cc3C2=O)CN(C2CCN(CC3(F)CN(c5ccc([C@@H]6c7ccc(O)cc7CC[C@@H]6c6ccccc6)cc5)C3)CC2)C4)C(=O)N1. The van der Waals surface area contributed by atoms with E-state index in [-0.39, 0.29) is 18.8 Å². The van der Waals surface area contributed by atoms with Crippen molar-refractivity contribution >= 4 is 29.3 Å². The van der Waals surface area contributed by atoms with Gasteiger partial charge in [-0.15, -0.1) is 0 Å². The highest BCUT2D eigenvalue weighted by Crippen LogP contribution is 2.47. The van der Waals surface area contributed by atoms with Gasteiger partial charge in [0.15, 0.2) is 5.67 Å². The Kier molecular flexibility index (Phi) is 8.79. The topological polar surface area (TPSA) is 114 Å². The van der Waals surface area contributed by atoms with E-state index < -0.39 is 35.3 Å². The first-order chi connectivity index (χ1) is 27.6. The number of benzene rings is 4. The van der Waals surface area contributed by atoms with Gasteiger partial charge in [-0.1, -0.05) is 48.5 Å². The molecule has 2 N–H and O–H groups in total. The Balaban J connectivity index is 0.737. The first kappa shape index (κ1) is 36.0. The second kappa shape index (κ2) is 13.9. The molecule has 292 valence electrons. The third kappa shape index (κ3) is 6.41. The Morgan fingerprint density at radius 2 is 1.42 bits per heavy atom. The number of alkyl halides is 1. The zero-order chi connectivity index (χ0) is 39.0. The van der Waals surface area contributed by atoms with E-state index in [1.807, 2.05) is 18.2 Å². The molecule has 3 fully saturated rings. The summed E-state index contributed by atoms with van der Waals surface area (Å²) in [5.74, 6) is -1.14. The molecule has 0 bridgehead atoms. The van der Waals surface area contributed by atoms with E-state index in [0.717, 1.165) is 60.5 Å². The lowest BCUT2D eigenvalue weighted by molar-refractivity contribution is -0.136. The zero-order valence-electron chi connectivity index (χ0n) is 31.8. The number of piperidine rings is 2. The molecule has 1 unspecified atom stereocenters. The number of carbonyl (C=O) groups excluding carboxylic acids is 4. The van der Waals surface area contributed by atoms with Crippen LogP contribution in [0.15, 0.2) is 84.9 Å². The van der Waals surface area contributed by atoms with Crippen LogP contribution in [0.2, 0.25) is 0 Å². The van der Waals surface area contributed by atoms with Gasteiger partial charge in [0.05, 0.1) is 24.2 Å². The van der Waals surface area contributed by atoms with Crippen molar-refractivity contribution < 1.29 is 28.7 Å². The van der Waals surface area contributed by atoms with Crippen LogP contribution in [0.3, 0.4) is 0 Å². The van der Waals surface area contributed by atoms with Crippen LogP contribution in [0.5, 0.6) is 5.75 Å². The molecule has 0 saturated carbocycles. The highest BCUT2D eigenvalue weighted by Gasteiger charge is 2.47. The first-order valence-electron chi connectivity index (χ1n) is 20.4. The predicted molar refractivity (Wildman–Crippen MR) is 212 cm³/mol. The Labute approximate surface area is 331 Å². The van der Waals surface area contributed by atoms with Crippen LogP contribution in [0.4, 0.5) is 10.1 Å². The Morgan fingerprint density at radius 3 is 2.09 bits per heavy atom. The number of fused-ring (bicyclic) bond motifs is 3. The lowest BCUT2D eigenvalue weighted by atomic mass is 9.69. The fourth-order valence-electron chi connectivity index (χ4n) is 10.6. The van der Waals surface area contributed by atoms with Crippen molar-refractivity contribution in [1.29, 1.82) is 0 Å². The number of aromatic hydroxyl groups is 1. The largest absolute Gasteiger partial charge is 0.508 e. The number of carbonyl (C=O) groups is 4. The maximum atomic E-state index is 16.2. The zero-order valence-corrected chi connectivity index (χ0v) is 31.8. The molecular weight excluding hydrogens is 722 g/mol. The van der Waals surface area contributed by atoms with Gasteiger partial charge in [-0.25, -0.2) is 4.39 Å². The smallest absolute Gasteiger partial charge is 0.262 e. The van der Waals surface area contributed by atoms with Gasteiger partial charge in [0.1, 0.15) is 11.8 Å². The summed E-state index contributed by atoms with van der Waals surface area (Å²) in [6, 6.07) is 28.2. The number of imide groups is 2. The minimum Gasteiger partial charge on any atom is -0.508 e. The molecule has 5 aliphatic heterocycles. The average molecular weight is 768 g/mol. The fourth-order valence-corrected chi connectivity index (χ4v) is 10.6. The average Bonchev–Trinajstić information content (AvgIpc) is 3.73. The number of halogens is 1. The summed E-state index contributed by atoms with van der Waals surface area (Å²) in [4.78, 5) is 58.6. The number of hydrogen-bond donors (Lipinski definition) is 2. The van der Waals surface area contributed by atoms with Crippen molar-refractivity contribution in [3.8, 4) is 5.75 Å². The van der Waals surface area contributed by atoms with E-state index >= 15 is 4.39 Å². The molecule has 5 heterocycles. The molecule has 6 aliphatic rings. The molecule has 3 atom stereocenters. The number of nitrogens with zero attached hydrogens (tertiary/aromatic N) is 4. The quantitative estimate of drug-likeness (QED) is 0.232. The summed E-state index contributed by atoms with van der Waals surface area (Å²) >= 11 is 0. The van der Waals surface area contributed by atoms with Gasteiger partial charge in [0.25, 0.3) is 11.8 Å². The second-order valence-corrected chi connectivity index (χ2v) is 17.0. The maximum absolute atomic E-state index is 16.2. The number of nitrogens with one attached hydrogen (secondary N) is 1. The molecule has 4 aromatic rings. The van der Waals surface area contributed by atoms with Crippen molar-refractivity contribution in [2.75, 3.05) is 37.6 Å². The fraction of sp³-hybridized carbons (Fsp3) is 0.391. The van der Waals surface area contributed by atoms with Crippen LogP contribution in [0.1, 0.15) is 98.0 Å². The van der Waals surface area contributed by atoms with Gasteiger partial charge in [-0.05, 0) is 121 Å². The molecule has 4 aromatic carbocycles. The lowest BCUT2D eigenvalue weighted by Gasteiger charge is -2.49. The lowest BCUT2D eigenvalue weighted by Crippen LogP contribution is -2.64. The van der Waals surface area contributed by atoms with E-state index in [2.05, 4.69) is 80.7 Å². The molecule has 0 spiro atoms. The Morgan fingerprint density at radius 1 is 0.737 bits per heavy atom. The molecular formula is C46H46FN5O5. The van der Waals surface area contributed by atoms with E-state index in [0.29, 0.717) is 61.6 Å². The van der Waals surface area contributed by atoms with Gasteiger partial charge >= 0.3 is 0 Å². The number of hydrogen-bond acceptors (Lipinski definition) is 8. The highest BCUT2D eigenvalue weighted by molar-refractivity contribution is 6.23. The minimum atomic E-state index is -1.26. The van der Waals surface area contributed by atoms with E-state index in [1.54, 1.807) is 6.07 Å². The highest BCUT2D eigenvalue weighted by atomic mass is 19.1. The van der Waals surface area contributed by atoms with Crippen LogP contribution < -0.4 is 10.2 Å². The summed E-state index contributed by atoms with van der Waals surface area (Å²) in [5, 5.41) is 12.5. The molecule has 57 heavy (non-hydrogen) atoms. The summed E-state index contributed by atoms with van der Waals surface area (Å²) in [5.41, 5.74) is 7.50. The Bertz CT molecular complexity index is 2240. The van der Waals surface area contributed by atoms with Crippen LogP contribution in [0.25, 0.3) is 0 Å². The van der Waals surface area contributed by atoms with Gasteiger partial charge in [0, 0.05) is 43.7 Å². The molecule has 0 aromatic heterocycles. The summed E-state index contributed by atoms with van der Waals surface area (Å²) in [6.07, 6.45) is 4.01. The number of aryl methyl sites for hydroxylation is 1. The van der Waals surface area contributed by atoms with Crippen molar-refractivity contribution in [2.45, 2.75) is 81.2 Å². The number of anilines is 1. The monoisotopic (exact) mass is 767 g/mol. The van der Waals surface area contributed by atoms with Crippen LogP contribution >= 0.6 is 0 Å². The molecule has 11 heteroatoms. The molecule has 4 amide bonds. The molecule has 10 rings (SSSR count). The van der Waals surface area contributed by atoms with Gasteiger partial charge in [-0.3, -0.25) is 39.2 Å². The maximum Gasteiger partial charge on any atom is 0.262 e. The molecule has 10 nitrogen and oxygen atoms in total. The summed E-state index contributed by atoms with van der Waals surface area (Å²) in [7, 11) is 0. The summed E-state index contributed by atoms with van der Waals surface area (Å²) in [6.45, 7) is 4.14. The van der Waals surface area contributed by atoms with E-state index in [9.17, 15) is 24.3 Å². The van der Waals surface area contributed by atoms with Crippen LogP contribution in [0, 0.1) is 0 Å². The molecule has 0 radical (unpaired) electrons. The number of phenols is 1. The third-order valence-corrected chi connectivity index (χ3v) is 13.5. The molecule has 1 aliphatic carbocycles. The van der Waals surface area contributed by atoms with Gasteiger partial charge < -0.3 is 10.0 Å². The van der Waals surface area contributed by atoms with Crippen LogP contribution in [-0.4, -0.2) is 93.9 Å². The van der Waals surface area contributed by atoms with E-state index in [4.69, 9.17) is 0 Å². The number of phenolic OH excluding ortho intramolecular Hbond substituents is 1. The number of rotatable bonds is 7. The summed E-state index contributed by atoms with van der Waals surface area (Å²) < 4.78 is 16.2. The first-order valence-corrected chi connectivity index (χ1v) is 20.4. The number of amides is 4. The standard InChI is InChI=1S/C46H46FN5O5/c47-46(26-51(27-46)33-9-6-29(7-10-33)42-36(28-4-2-1-3-5-28)12-8-30-20-35(53)11-13-37(30)42)25-49-18-16-34(17-19-49)50-23-31-21-38-39(22-32(31)24-50)45(57)52(44(38)56)40-14-15-41(54)48-43(40)55/h1-7,9-11,13,20-22,34,36,40,42,53H,8,12,14-19,23-27H2,(H,48,54,55)/t36-,40?,42+/m1/s1. The van der Waals surface area contributed by atoms with Crippen LogP contribution in [-0.2, 0) is 29.1 Å². The third-order valence-electron chi connectivity index (χ3n) is 13.5. The minimum absolute atomic E-state index is 0.0924. The van der Waals surface area contributed by atoms with Crippen molar-refractivity contribution in [3.63, 3.8) is 0 Å². The number of likely N-dealkylation sites (tertiary alicyclic amines) is 1. The van der Waals surface area contributed by atoms with E-state index in [1.165, 1.54) is 22.3 Å². The predicted octanol–water partition coefficient (Wildman–Crippen LogP) is 5.66.